The summed E-state index contributed by atoms with van der Waals surface area (Å²) in [5.74, 6) is 0.189. The number of rotatable bonds is 6. The van der Waals surface area contributed by atoms with Gasteiger partial charge in [0.15, 0.2) is 34.8 Å². The zero-order valence-corrected chi connectivity index (χ0v) is 16.8. The van der Waals surface area contributed by atoms with Gasteiger partial charge in [-0.25, -0.2) is 19.3 Å². The summed E-state index contributed by atoms with van der Waals surface area (Å²) in [6, 6.07) is 6.34. The summed E-state index contributed by atoms with van der Waals surface area (Å²) in [5, 5.41) is 24.5. The smallest absolute Gasteiger partial charge is 0.167 e. The molecule has 0 spiro atoms. The lowest BCUT2D eigenvalue weighted by atomic mass is 10.1. The second kappa shape index (κ2) is 8.37. The predicted octanol–water partition coefficient (Wildman–Crippen LogP) is 2.02. The molecule has 0 amide bonds. The lowest BCUT2D eigenvalue weighted by molar-refractivity contribution is -0.0477. The Balaban J connectivity index is 1.34. The van der Waals surface area contributed by atoms with Crippen LogP contribution in [0.1, 0.15) is 31.9 Å². The second-order valence-corrected chi connectivity index (χ2v) is 7.96. The van der Waals surface area contributed by atoms with Gasteiger partial charge in [0.2, 0.25) is 0 Å². The van der Waals surface area contributed by atoms with Crippen molar-refractivity contribution < 1.29 is 24.1 Å². The van der Waals surface area contributed by atoms with Crippen LogP contribution in [0.4, 0.5) is 10.2 Å². The third kappa shape index (κ3) is 3.82. The van der Waals surface area contributed by atoms with Crippen molar-refractivity contribution in [2.75, 3.05) is 11.9 Å². The highest BCUT2D eigenvalue weighted by atomic mass is 19.1. The molecule has 0 bridgehead atoms. The van der Waals surface area contributed by atoms with E-state index < -0.39 is 30.4 Å². The molecule has 0 radical (unpaired) electrons. The van der Waals surface area contributed by atoms with E-state index in [0.717, 1.165) is 12.8 Å². The van der Waals surface area contributed by atoms with Crippen LogP contribution in [-0.2, 0) is 4.74 Å². The van der Waals surface area contributed by atoms with E-state index in [4.69, 9.17) is 9.47 Å². The Labute approximate surface area is 177 Å². The Morgan fingerprint density at radius 2 is 1.94 bits per heavy atom. The van der Waals surface area contributed by atoms with Crippen LogP contribution in [0.2, 0.25) is 0 Å². The molecular weight excluding hydrogens is 405 g/mol. The lowest BCUT2D eigenvalue weighted by Crippen LogP contribution is -2.34. The number of hydrogen-bond acceptors (Lipinski definition) is 8. The highest BCUT2D eigenvalue weighted by Gasteiger charge is 2.44. The monoisotopic (exact) mass is 429 g/mol. The maximum absolute atomic E-state index is 13.8. The molecule has 10 heteroatoms. The quantitative estimate of drug-likeness (QED) is 0.545. The van der Waals surface area contributed by atoms with E-state index in [2.05, 4.69) is 20.3 Å². The van der Waals surface area contributed by atoms with E-state index in [9.17, 15) is 14.6 Å². The number of nitrogens with one attached hydrogen (secondary N) is 1. The number of aromatic nitrogens is 4. The molecule has 5 rings (SSSR count). The summed E-state index contributed by atoms with van der Waals surface area (Å²) in [5.41, 5.74) is 1.06. The van der Waals surface area contributed by atoms with Gasteiger partial charge in [-0.05, 0) is 25.0 Å². The fourth-order valence-electron chi connectivity index (χ4n) is 4.24. The van der Waals surface area contributed by atoms with Gasteiger partial charge in [0.05, 0.1) is 6.33 Å². The van der Waals surface area contributed by atoms with Gasteiger partial charge in [0.25, 0.3) is 0 Å². The van der Waals surface area contributed by atoms with Gasteiger partial charge in [-0.15, -0.1) is 0 Å². The maximum Gasteiger partial charge on any atom is 0.167 e. The fourth-order valence-corrected chi connectivity index (χ4v) is 4.24. The molecule has 0 unspecified atom stereocenters. The number of nitrogens with zero attached hydrogens (tertiary/aromatic N) is 4. The van der Waals surface area contributed by atoms with Crippen LogP contribution in [0.3, 0.4) is 0 Å². The van der Waals surface area contributed by atoms with Gasteiger partial charge >= 0.3 is 0 Å². The lowest BCUT2D eigenvalue weighted by Gasteiger charge is -2.17. The minimum Gasteiger partial charge on any atom is -0.488 e. The van der Waals surface area contributed by atoms with Gasteiger partial charge in [0, 0.05) is 6.04 Å². The summed E-state index contributed by atoms with van der Waals surface area (Å²) < 4.78 is 26.7. The van der Waals surface area contributed by atoms with Crippen molar-refractivity contribution in [3.8, 4) is 5.75 Å². The molecule has 3 aromatic rings. The molecule has 4 atom stereocenters. The number of halogens is 1. The molecule has 1 aromatic carbocycles. The van der Waals surface area contributed by atoms with Crippen molar-refractivity contribution in [3.05, 3.63) is 42.7 Å². The number of aliphatic hydroxyl groups is 2. The van der Waals surface area contributed by atoms with Crippen LogP contribution in [0.25, 0.3) is 11.2 Å². The molecule has 164 valence electrons. The largest absolute Gasteiger partial charge is 0.488 e. The third-order valence-electron chi connectivity index (χ3n) is 5.91. The second-order valence-electron chi connectivity index (χ2n) is 7.96. The highest BCUT2D eigenvalue weighted by molar-refractivity contribution is 5.82. The molecule has 1 saturated carbocycles. The van der Waals surface area contributed by atoms with E-state index in [1.807, 2.05) is 0 Å². The molecule has 3 heterocycles. The fraction of sp³-hybridized carbons (Fsp3) is 0.476. The molecule has 2 aliphatic rings. The van der Waals surface area contributed by atoms with E-state index in [1.54, 1.807) is 16.7 Å². The first-order valence-electron chi connectivity index (χ1n) is 10.4. The van der Waals surface area contributed by atoms with Gasteiger partial charge < -0.3 is 25.0 Å². The highest BCUT2D eigenvalue weighted by Crippen LogP contribution is 2.33. The summed E-state index contributed by atoms with van der Waals surface area (Å²) in [7, 11) is 0. The first-order valence-corrected chi connectivity index (χ1v) is 10.4. The minimum absolute atomic E-state index is 0.0553. The number of imidazole rings is 1. The van der Waals surface area contributed by atoms with Crippen molar-refractivity contribution in [1.82, 2.24) is 19.5 Å². The van der Waals surface area contributed by atoms with E-state index in [0.29, 0.717) is 23.0 Å². The first-order chi connectivity index (χ1) is 15.1. The van der Waals surface area contributed by atoms with E-state index in [1.165, 1.54) is 37.6 Å². The molecule has 1 saturated heterocycles. The van der Waals surface area contributed by atoms with Crippen molar-refractivity contribution >= 4 is 17.0 Å². The van der Waals surface area contributed by atoms with Crippen molar-refractivity contribution in [3.63, 3.8) is 0 Å². The van der Waals surface area contributed by atoms with Crippen LogP contribution in [-0.4, -0.2) is 60.7 Å². The summed E-state index contributed by atoms with van der Waals surface area (Å²) >= 11 is 0. The van der Waals surface area contributed by atoms with Gasteiger partial charge in [0.1, 0.15) is 31.2 Å². The molecule has 3 N–H and O–H groups in total. The average molecular weight is 429 g/mol. The number of hydrogen-bond donors (Lipinski definition) is 3. The molecule has 31 heavy (non-hydrogen) atoms. The molecule has 2 fully saturated rings. The molecular formula is C21H24FN5O4. The van der Waals surface area contributed by atoms with Crippen molar-refractivity contribution in [2.24, 2.45) is 0 Å². The summed E-state index contributed by atoms with van der Waals surface area (Å²) in [6.45, 7) is -0.119. The molecule has 1 aliphatic heterocycles. The Bertz CT molecular complexity index is 1060. The third-order valence-corrected chi connectivity index (χ3v) is 5.91. The number of ether oxygens (including phenoxy) is 2. The Kier molecular flexibility index (Phi) is 5.43. The standard InChI is InChI=1S/C21H24FN5O4/c22-13-7-3-4-8-14(13)30-9-15-17(28)18(29)21(31-15)27-11-25-16-19(23-10-24-20(16)27)26-12-5-1-2-6-12/h3-4,7-8,10-12,15,17-18,21,28-29H,1-2,5-6,9H2,(H,23,24,26)/t15-,17-,18-,21-/m0/s1. The van der Waals surface area contributed by atoms with Crippen molar-refractivity contribution in [1.29, 1.82) is 0 Å². The van der Waals surface area contributed by atoms with Gasteiger partial charge in [-0.2, -0.15) is 0 Å². The Morgan fingerprint density at radius 1 is 1.13 bits per heavy atom. The van der Waals surface area contributed by atoms with Crippen LogP contribution in [0.15, 0.2) is 36.9 Å². The number of anilines is 1. The summed E-state index contributed by atoms with van der Waals surface area (Å²) in [4.78, 5) is 13.0. The average Bonchev–Trinajstić information content (AvgIpc) is 3.50. The number of para-hydroxylation sites is 1. The summed E-state index contributed by atoms with van der Waals surface area (Å²) in [6.07, 6.45) is 3.30. The zero-order valence-electron chi connectivity index (χ0n) is 16.8. The topological polar surface area (TPSA) is 115 Å². The van der Waals surface area contributed by atoms with Crippen LogP contribution < -0.4 is 10.1 Å². The number of fused-ring (bicyclic) bond motifs is 1. The van der Waals surface area contributed by atoms with E-state index >= 15 is 0 Å². The molecule has 1 aliphatic carbocycles. The van der Waals surface area contributed by atoms with Crippen LogP contribution >= 0.6 is 0 Å². The zero-order chi connectivity index (χ0) is 21.4. The van der Waals surface area contributed by atoms with Crippen LogP contribution in [0, 0.1) is 5.82 Å². The van der Waals surface area contributed by atoms with Gasteiger partial charge in [-0.1, -0.05) is 25.0 Å². The normalized spacial score (nSPS) is 26.5. The van der Waals surface area contributed by atoms with Crippen molar-refractivity contribution in [2.45, 2.75) is 56.3 Å². The number of benzene rings is 1. The first kappa shape index (κ1) is 20.1. The SMILES string of the molecule is O[C@@H]1[C@H](O)[C@@H](n2cnc3c(NC4CCCC4)ncnc32)O[C@H]1COc1ccccc1F. The number of aliphatic hydroxyl groups excluding tert-OH is 2. The predicted molar refractivity (Wildman–Crippen MR) is 109 cm³/mol. The van der Waals surface area contributed by atoms with Gasteiger partial charge in [-0.3, -0.25) is 4.57 Å². The molecule has 2 aromatic heterocycles. The maximum atomic E-state index is 13.8. The minimum atomic E-state index is -1.23. The van der Waals surface area contributed by atoms with Crippen LogP contribution in [0.5, 0.6) is 5.75 Å². The Morgan fingerprint density at radius 3 is 2.74 bits per heavy atom. The molecule has 9 nitrogen and oxygen atoms in total. The Hall–Kier alpha value is -2.82. The van der Waals surface area contributed by atoms with E-state index in [-0.39, 0.29) is 12.4 Å².